The lowest BCUT2D eigenvalue weighted by Crippen LogP contribution is -2.51. The maximum atomic E-state index is 10.4. The zero-order valence-electron chi connectivity index (χ0n) is 13.0. The van der Waals surface area contributed by atoms with Gasteiger partial charge >= 0.3 is 0 Å². The quantitative estimate of drug-likeness (QED) is 0.892. The molecule has 1 atom stereocenters. The molecule has 0 aromatic heterocycles. The molecule has 0 aliphatic carbocycles. The molecule has 0 spiro atoms. The van der Waals surface area contributed by atoms with Crippen LogP contribution in [0.25, 0.3) is 0 Å². The van der Waals surface area contributed by atoms with Crippen molar-refractivity contribution in [2.24, 2.45) is 0 Å². The van der Waals surface area contributed by atoms with E-state index in [1.54, 1.807) is 21.0 Å². The zero-order chi connectivity index (χ0) is 14.6. The lowest BCUT2D eigenvalue weighted by atomic mass is 9.83. The van der Waals surface area contributed by atoms with Crippen LogP contribution in [0.2, 0.25) is 0 Å². The van der Waals surface area contributed by atoms with Gasteiger partial charge in [0.25, 0.3) is 0 Å². The highest BCUT2D eigenvalue weighted by molar-refractivity contribution is 5.60. The summed E-state index contributed by atoms with van der Waals surface area (Å²) in [6.45, 7) is 11.7. The SMILES string of the molecule is COc1c(C)c(C)c2c(c1C)CC(C)(C(C)(C)O)O2. The summed E-state index contributed by atoms with van der Waals surface area (Å²) in [5.74, 6) is 1.85. The van der Waals surface area contributed by atoms with Crippen LogP contribution in [0.5, 0.6) is 11.5 Å². The van der Waals surface area contributed by atoms with Gasteiger partial charge in [0.1, 0.15) is 17.1 Å². The molecule has 106 valence electrons. The Labute approximate surface area is 115 Å². The first kappa shape index (κ1) is 14.2. The van der Waals surface area contributed by atoms with Crippen molar-refractivity contribution in [3.8, 4) is 11.5 Å². The largest absolute Gasteiger partial charge is 0.496 e. The highest BCUT2D eigenvalue weighted by Gasteiger charge is 2.48. The normalized spacial score (nSPS) is 22.1. The number of aliphatic hydroxyl groups is 1. The average molecular weight is 264 g/mol. The summed E-state index contributed by atoms with van der Waals surface area (Å²) in [7, 11) is 1.70. The highest BCUT2D eigenvalue weighted by Crippen LogP contribution is 2.47. The van der Waals surface area contributed by atoms with E-state index >= 15 is 0 Å². The van der Waals surface area contributed by atoms with Crippen LogP contribution < -0.4 is 9.47 Å². The van der Waals surface area contributed by atoms with E-state index in [1.807, 2.05) is 20.8 Å². The number of ether oxygens (including phenoxy) is 2. The monoisotopic (exact) mass is 264 g/mol. The van der Waals surface area contributed by atoms with Crippen LogP contribution in [-0.2, 0) is 6.42 Å². The second-order valence-electron chi connectivity index (χ2n) is 6.28. The van der Waals surface area contributed by atoms with Crippen LogP contribution in [0, 0.1) is 20.8 Å². The van der Waals surface area contributed by atoms with Crippen molar-refractivity contribution < 1.29 is 14.6 Å². The van der Waals surface area contributed by atoms with Crippen LogP contribution in [-0.4, -0.2) is 23.4 Å². The molecule has 0 radical (unpaired) electrons. The molecule has 0 amide bonds. The third-order valence-electron chi connectivity index (χ3n) is 4.65. The van der Waals surface area contributed by atoms with E-state index < -0.39 is 11.2 Å². The molecule has 3 heteroatoms. The van der Waals surface area contributed by atoms with Crippen molar-refractivity contribution >= 4 is 0 Å². The van der Waals surface area contributed by atoms with E-state index in [0.29, 0.717) is 6.42 Å². The molecule has 0 fully saturated rings. The molecule has 0 saturated carbocycles. The molecule has 3 nitrogen and oxygen atoms in total. The maximum absolute atomic E-state index is 10.4. The number of rotatable bonds is 2. The topological polar surface area (TPSA) is 38.7 Å². The van der Waals surface area contributed by atoms with Gasteiger partial charge in [-0.25, -0.2) is 0 Å². The predicted molar refractivity (Wildman–Crippen MR) is 76.2 cm³/mol. The fourth-order valence-corrected chi connectivity index (χ4v) is 2.75. The molecule has 1 aliphatic heterocycles. The average Bonchev–Trinajstić information content (AvgIpc) is 2.66. The Morgan fingerprint density at radius 3 is 2.21 bits per heavy atom. The van der Waals surface area contributed by atoms with Crippen LogP contribution in [0.3, 0.4) is 0 Å². The third kappa shape index (κ3) is 1.91. The van der Waals surface area contributed by atoms with Gasteiger partial charge in [0.15, 0.2) is 0 Å². The number of hydrogen-bond acceptors (Lipinski definition) is 3. The first-order valence-electron chi connectivity index (χ1n) is 6.70. The van der Waals surface area contributed by atoms with Crippen molar-refractivity contribution in [2.45, 2.75) is 59.2 Å². The summed E-state index contributed by atoms with van der Waals surface area (Å²) < 4.78 is 11.7. The van der Waals surface area contributed by atoms with Crippen molar-refractivity contribution in [2.75, 3.05) is 7.11 Å². The van der Waals surface area contributed by atoms with Crippen molar-refractivity contribution in [1.29, 1.82) is 0 Å². The van der Waals surface area contributed by atoms with Gasteiger partial charge < -0.3 is 14.6 Å². The molecule has 1 unspecified atom stereocenters. The molecule has 1 aromatic rings. The second kappa shape index (κ2) is 4.14. The predicted octanol–water partition coefficient (Wildman–Crippen LogP) is 3.08. The van der Waals surface area contributed by atoms with E-state index in [9.17, 15) is 5.11 Å². The Morgan fingerprint density at radius 2 is 1.74 bits per heavy atom. The van der Waals surface area contributed by atoms with Crippen LogP contribution in [0.15, 0.2) is 0 Å². The molecule has 2 rings (SSSR count). The number of methoxy groups -OCH3 is 1. The van der Waals surface area contributed by atoms with Crippen LogP contribution in [0.1, 0.15) is 43.0 Å². The Bertz CT molecular complexity index is 526. The summed E-state index contributed by atoms with van der Waals surface area (Å²) in [6.07, 6.45) is 0.704. The van der Waals surface area contributed by atoms with Crippen LogP contribution >= 0.6 is 0 Å². The first-order valence-corrected chi connectivity index (χ1v) is 6.70. The molecule has 19 heavy (non-hydrogen) atoms. The van der Waals surface area contributed by atoms with Gasteiger partial charge in [-0.3, -0.25) is 0 Å². The zero-order valence-corrected chi connectivity index (χ0v) is 13.0. The van der Waals surface area contributed by atoms with Gasteiger partial charge in [-0.1, -0.05) is 0 Å². The smallest absolute Gasteiger partial charge is 0.138 e. The van der Waals surface area contributed by atoms with E-state index in [-0.39, 0.29) is 0 Å². The minimum absolute atomic E-state index is 0.594. The van der Waals surface area contributed by atoms with Crippen molar-refractivity contribution in [3.05, 3.63) is 22.3 Å². The Kier molecular flexibility index (Phi) is 3.09. The Balaban J connectivity index is 2.62. The minimum atomic E-state index is -0.897. The van der Waals surface area contributed by atoms with Gasteiger partial charge in [-0.2, -0.15) is 0 Å². The van der Waals surface area contributed by atoms with Crippen molar-refractivity contribution in [1.82, 2.24) is 0 Å². The fraction of sp³-hybridized carbons (Fsp3) is 0.625. The van der Waals surface area contributed by atoms with E-state index in [1.165, 1.54) is 0 Å². The molecule has 1 aliphatic rings. The Morgan fingerprint density at radius 1 is 1.16 bits per heavy atom. The molecular formula is C16H24O3. The standard InChI is InChI=1S/C16H24O3/c1-9-10(2)14-12(11(3)13(9)18-7)8-16(6,19-14)15(4,5)17/h17H,8H2,1-7H3. The molecular weight excluding hydrogens is 240 g/mol. The summed E-state index contributed by atoms with van der Waals surface area (Å²) in [4.78, 5) is 0. The molecule has 0 saturated heterocycles. The van der Waals surface area contributed by atoms with Gasteiger partial charge in [-0.15, -0.1) is 0 Å². The highest BCUT2D eigenvalue weighted by atomic mass is 16.5. The van der Waals surface area contributed by atoms with Crippen molar-refractivity contribution in [3.63, 3.8) is 0 Å². The van der Waals surface area contributed by atoms with E-state index in [4.69, 9.17) is 9.47 Å². The second-order valence-corrected chi connectivity index (χ2v) is 6.28. The molecule has 1 aromatic carbocycles. The van der Waals surface area contributed by atoms with Gasteiger partial charge in [-0.05, 0) is 58.2 Å². The summed E-state index contributed by atoms with van der Waals surface area (Å²) in [6, 6.07) is 0. The fourth-order valence-electron chi connectivity index (χ4n) is 2.75. The molecule has 1 N–H and O–H groups in total. The van der Waals surface area contributed by atoms with Gasteiger partial charge in [0.2, 0.25) is 0 Å². The van der Waals surface area contributed by atoms with E-state index in [2.05, 4.69) is 6.92 Å². The summed E-state index contributed by atoms with van der Waals surface area (Å²) in [5.41, 5.74) is 3.00. The lowest BCUT2D eigenvalue weighted by molar-refractivity contribution is -0.0902. The number of hydrogen-bond donors (Lipinski definition) is 1. The number of fused-ring (bicyclic) bond motifs is 1. The molecule has 0 bridgehead atoms. The number of benzene rings is 1. The van der Waals surface area contributed by atoms with E-state index in [0.717, 1.165) is 33.8 Å². The maximum Gasteiger partial charge on any atom is 0.138 e. The minimum Gasteiger partial charge on any atom is -0.496 e. The summed E-state index contributed by atoms with van der Waals surface area (Å²) >= 11 is 0. The lowest BCUT2D eigenvalue weighted by Gasteiger charge is -2.36. The van der Waals surface area contributed by atoms with Crippen LogP contribution in [0.4, 0.5) is 0 Å². The van der Waals surface area contributed by atoms with Gasteiger partial charge in [0.05, 0.1) is 12.7 Å². The van der Waals surface area contributed by atoms with Gasteiger partial charge in [0, 0.05) is 12.0 Å². The first-order chi connectivity index (χ1) is 8.62. The summed E-state index contributed by atoms with van der Waals surface area (Å²) in [5, 5.41) is 10.4. The Hall–Kier alpha value is -1.22. The third-order valence-corrected chi connectivity index (χ3v) is 4.65. The molecule has 1 heterocycles.